The van der Waals surface area contributed by atoms with E-state index in [0.717, 1.165) is 39.8 Å². The van der Waals surface area contributed by atoms with Gasteiger partial charge in [0.05, 0.1) is 24.3 Å². The largest absolute Gasteiger partial charge is 0.348 e. The van der Waals surface area contributed by atoms with Crippen molar-refractivity contribution < 1.29 is 4.79 Å². The molecule has 2 N–H and O–H groups in total. The Balaban J connectivity index is 1.71. The standard InChI is InChI=1S/C16H26N6OS/c1-11-14(13(3)22(5)20-11)8-21(4)16(23)17-6-7-24-9-15-12(2)18-10-19-15/h10H,6-9H2,1-5H3,(H,17,23)(H,18,19). The Morgan fingerprint density at radius 1 is 1.42 bits per heavy atom. The SMILES string of the molecule is Cc1nn(C)c(C)c1CN(C)C(=O)NCCSCc1nc[nH]c1C. The Morgan fingerprint density at radius 2 is 2.17 bits per heavy atom. The van der Waals surface area contributed by atoms with Crippen molar-refractivity contribution in [1.82, 2.24) is 30.0 Å². The number of urea groups is 1. The second kappa shape index (κ2) is 8.23. The maximum Gasteiger partial charge on any atom is 0.317 e. The lowest BCUT2D eigenvalue weighted by molar-refractivity contribution is 0.207. The van der Waals surface area contributed by atoms with E-state index in [4.69, 9.17) is 0 Å². The minimum Gasteiger partial charge on any atom is -0.348 e. The fraction of sp³-hybridized carbons (Fsp3) is 0.562. The molecule has 0 fully saturated rings. The summed E-state index contributed by atoms with van der Waals surface area (Å²) in [5, 5.41) is 7.34. The molecule has 0 aromatic carbocycles. The predicted octanol–water partition coefficient (Wildman–Crippen LogP) is 2.14. The minimum atomic E-state index is -0.0609. The first-order valence-electron chi connectivity index (χ1n) is 7.94. The number of H-pyrrole nitrogens is 1. The van der Waals surface area contributed by atoms with E-state index < -0.39 is 0 Å². The van der Waals surface area contributed by atoms with Crippen molar-refractivity contribution in [3.8, 4) is 0 Å². The number of aryl methyl sites for hydroxylation is 3. The Kier molecular flexibility index (Phi) is 6.30. The maximum absolute atomic E-state index is 12.2. The molecule has 0 bridgehead atoms. The summed E-state index contributed by atoms with van der Waals surface area (Å²) >= 11 is 1.76. The molecule has 2 aromatic heterocycles. The number of nitrogens with zero attached hydrogens (tertiary/aromatic N) is 4. The van der Waals surface area contributed by atoms with E-state index in [2.05, 4.69) is 20.4 Å². The van der Waals surface area contributed by atoms with Gasteiger partial charge in [-0.25, -0.2) is 9.78 Å². The quantitative estimate of drug-likeness (QED) is 0.750. The molecule has 0 saturated carbocycles. The van der Waals surface area contributed by atoms with E-state index in [1.54, 1.807) is 30.0 Å². The zero-order valence-corrected chi connectivity index (χ0v) is 15.8. The number of carbonyl (C=O) groups excluding carboxylic acids is 1. The molecule has 0 aliphatic heterocycles. The van der Waals surface area contributed by atoms with Crippen molar-refractivity contribution >= 4 is 17.8 Å². The average molecular weight is 350 g/mol. The molecule has 0 saturated heterocycles. The zero-order valence-electron chi connectivity index (χ0n) is 15.0. The number of thioether (sulfide) groups is 1. The molecule has 2 aromatic rings. The first-order chi connectivity index (χ1) is 11.4. The summed E-state index contributed by atoms with van der Waals surface area (Å²) in [4.78, 5) is 21.2. The number of hydrogen-bond acceptors (Lipinski definition) is 4. The number of imidazole rings is 1. The minimum absolute atomic E-state index is 0.0609. The highest BCUT2D eigenvalue weighted by molar-refractivity contribution is 7.98. The smallest absolute Gasteiger partial charge is 0.317 e. The number of nitrogens with one attached hydrogen (secondary N) is 2. The molecule has 0 aliphatic carbocycles. The first kappa shape index (κ1) is 18.4. The van der Waals surface area contributed by atoms with E-state index in [0.29, 0.717) is 13.1 Å². The Morgan fingerprint density at radius 3 is 2.75 bits per heavy atom. The predicted molar refractivity (Wildman–Crippen MR) is 97.0 cm³/mol. The monoisotopic (exact) mass is 350 g/mol. The van der Waals surface area contributed by atoms with Gasteiger partial charge in [-0.15, -0.1) is 0 Å². The van der Waals surface area contributed by atoms with Gasteiger partial charge in [0, 0.05) is 49.1 Å². The molecule has 0 aliphatic rings. The summed E-state index contributed by atoms with van der Waals surface area (Å²) in [5.41, 5.74) is 5.36. The highest BCUT2D eigenvalue weighted by atomic mass is 32.2. The average Bonchev–Trinajstić information content (AvgIpc) is 3.05. The molecule has 2 rings (SSSR count). The first-order valence-corrected chi connectivity index (χ1v) is 9.10. The summed E-state index contributed by atoms with van der Waals surface area (Å²) in [7, 11) is 3.73. The lowest BCUT2D eigenvalue weighted by Crippen LogP contribution is -2.38. The summed E-state index contributed by atoms with van der Waals surface area (Å²) in [5.74, 6) is 1.71. The van der Waals surface area contributed by atoms with E-state index in [1.165, 1.54) is 0 Å². The lowest BCUT2D eigenvalue weighted by atomic mass is 10.2. The molecule has 2 amide bonds. The molecular weight excluding hydrogens is 324 g/mol. The fourth-order valence-electron chi connectivity index (χ4n) is 2.42. The highest BCUT2D eigenvalue weighted by Gasteiger charge is 2.15. The Labute approximate surface area is 147 Å². The van der Waals surface area contributed by atoms with Crippen LogP contribution in [0.2, 0.25) is 0 Å². The van der Waals surface area contributed by atoms with Crippen LogP contribution in [0.3, 0.4) is 0 Å². The molecule has 7 nitrogen and oxygen atoms in total. The van der Waals surface area contributed by atoms with Crippen LogP contribution in [0.25, 0.3) is 0 Å². The van der Waals surface area contributed by atoms with E-state index >= 15 is 0 Å². The summed E-state index contributed by atoms with van der Waals surface area (Å²) in [6, 6.07) is -0.0609. The van der Waals surface area contributed by atoms with Crippen molar-refractivity contribution in [2.24, 2.45) is 7.05 Å². The van der Waals surface area contributed by atoms with Gasteiger partial charge in [0.2, 0.25) is 0 Å². The van der Waals surface area contributed by atoms with Gasteiger partial charge in [0.15, 0.2) is 0 Å². The van der Waals surface area contributed by atoms with Crippen LogP contribution in [-0.2, 0) is 19.3 Å². The number of carbonyl (C=O) groups is 1. The lowest BCUT2D eigenvalue weighted by Gasteiger charge is -2.18. The molecule has 0 atom stereocenters. The Hall–Kier alpha value is -1.96. The van der Waals surface area contributed by atoms with E-state index in [-0.39, 0.29) is 6.03 Å². The van der Waals surface area contributed by atoms with E-state index in [9.17, 15) is 4.79 Å². The Bertz CT molecular complexity index is 693. The molecule has 132 valence electrons. The van der Waals surface area contributed by atoms with Gasteiger partial charge in [0.1, 0.15) is 0 Å². The van der Waals surface area contributed by atoms with Crippen LogP contribution in [0.5, 0.6) is 0 Å². The molecule has 0 unspecified atom stereocenters. The molecule has 2 heterocycles. The topological polar surface area (TPSA) is 78.8 Å². The van der Waals surface area contributed by atoms with Crippen LogP contribution < -0.4 is 5.32 Å². The second-order valence-corrected chi connectivity index (χ2v) is 6.99. The van der Waals surface area contributed by atoms with Gasteiger partial charge in [0.25, 0.3) is 0 Å². The second-order valence-electron chi connectivity index (χ2n) is 5.89. The van der Waals surface area contributed by atoms with Crippen molar-refractivity contribution in [1.29, 1.82) is 0 Å². The van der Waals surface area contributed by atoms with Gasteiger partial charge in [-0.1, -0.05) is 0 Å². The van der Waals surface area contributed by atoms with Crippen LogP contribution in [0, 0.1) is 20.8 Å². The zero-order chi connectivity index (χ0) is 17.7. The summed E-state index contributed by atoms with van der Waals surface area (Å²) < 4.78 is 1.85. The highest BCUT2D eigenvalue weighted by Crippen LogP contribution is 2.14. The molecule has 0 spiro atoms. The van der Waals surface area contributed by atoms with Crippen LogP contribution in [0.1, 0.15) is 28.3 Å². The van der Waals surface area contributed by atoms with Gasteiger partial charge in [-0.2, -0.15) is 16.9 Å². The van der Waals surface area contributed by atoms with Crippen LogP contribution in [0.15, 0.2) is 6.33 Å². The van der Waals surface area contributed by atoms with Crippen LogP contribution in [0.4, 0.5) is 4.79 Å². The van der Waals surface area contributed by atoms with Crippen molar-refractivity contribution in [2.75, 3.05) is 19.3 Å². The summed E-state index contributed by atoms with van der Waals surface area (Å²) in [6.45, 7) is 7.22. The van der Waals surface area contributed by atoms with Gasteiger partial charge >= 0.3 is 6.03 Å². The van der Waals surface area contributed by atoms with Crippen LogP contribution >= 0.6 is 11.8 Å². The van der Waals surface area contributed by atoms with Crippen molar-refractivity contribution in [3.05, 3.63) is 34.7 Å². The van der Waals surface area contributed by atoms with Crippen LogP contribution in [-0.4, -0.2) is 50.0 Å². The third-order valence-corrected chi connectivity index (χ3v) is 5.07. The van der Waals surface area contributed by atoms with Gasteiger partial charge in [-0.05, 0) is 20.8 Å². The fourth-order valence-corrected chi connectivity index (χ4v) is 3.30. The van der Waals surface area contributed by atoms with Crippen molar-refractivity contribution in [3.63, 3.8) is 0 Å². The normalized spacial score (nSPS) is 10.9. The molecule has 8 heteroatoms. The van der Waals surface area contributed by atoms with Gasteiger partial charge < -0.3 is 15.2 Å². The van der Waals surface area contributed by atoms with Gasteiger partial charge in [-0.3, -0.25) is 4.68 Å². The van der Waals surface area contributed by atoms with Crippen molar-refractivity contribution in [2.45, 2.75) is 33.1 Å². The van der Waals surface area contributed by atoms with E-state index in [1.807, 2.05) is 32.5 Å². The summed E-state index contributed by atoms with van der Waals surface area (Å²) in [6.07, 6.45) is 1.71. The maximum atomic E-state index is 12.2. The number of aromatic amines is 1. The number of rotatable bonds is 7. The number of aromatic nitrogens is 4. The molecule has 24 heavy (non-hydrogen) atoms. The third-order valence-electron chi connectivity index (χ3n) is 4.10. The molecule has 0 radical (unpaired) electrons. The third kappa shape index (κ3) is 4.53. The molecular formula is C16H26N6OS. The number of hydrogen-bond donors (Lipinski definition) is 2. The number of amides is 2.